The lowest BCUT2D eigenvalue weighted by molar-refractivity contribution is -0.137. The Balaban J connectivity index is 1.58. The lowest BCUT2D eigenvalue weighted by Gasteiger charge is -2.32. The summed E-state index contributed by atoms with van der Waals surface area (Å²) in [6.07, 6.45) is -2.03. The van der Waals surface area contributed by atoms with Gasteiger partial charge in [0, 0.05) is 30.8 Å². The van der Waals surface area contributed by atoms with Gasteiger partial charge < -0.3 is 14.4 Å². The zero-order valence-corrected chi connectivity index (χ0v) is 18.4. The summed E-state index contributed by atoms with van der Waals surface area (Å²) in [4.78, 5) is 14.9. The average Bonchev–Trinajstić information content (AvgIpc) is 3.23. The summed E-state index contributed by atoms with van der Waals surface area (Å²) >= 11 is 0. The number of amides is 1. The van der Waals surface area contributed by atoms with E-state index in [1.54, 1.807) is 23.1 Å². The lowest BCUT2D eigenvalue weighted by Crippen LogP contribution is -2.39. The molecule has 4 rings (SSSR count). The Hall–Kier alpha value is -3.30. The molecule has 0 aliphatic carbocycles. The van der Waals surface area contributed by atoms with Gasteiger partial charge >= 0.3 is 6.18 Å². The molecule has 7 nitrogen and oxygen atoms in total. The summed E-state index contributed by atoms with van der Waals surface area (Å²) in [5.41, 5.74) is 0.0416. The van der Waals surface area contributed by atoms with Crippen LogP contribution in [0.2, 0.25) is 0 Å². The van der Waals surface area contributed by atoms with Crippen LogP contribution < -0.4 is 9.47 Å². The second kappa shape index (κ2) is 9.29. The fourth-order valence-electron chi connectivity index (χ4n) is 4.09. The standard InChI is InChI=1S/C23H25F3N4O3/c1-3-32-18-9-7-15(12-19(18)33-4-2)22(31)29-11-5-6-16(13-29)21-28-27-20-10-8-17(14-30(20)21)23(24,25)26/h7-10,12,14,16H,3-6,11,13H2,1-2H3. The second-order valence-corrected chi connectivity index (χ2v) is 7.82. The smallest absolute Gasteiger partial charge is 0.417 e. The predicted octanol–water partition coefficient (Wildman–Crippen LogP) is 4.57. The number of piperidine rings is 1. The number of likely N-dealkylation sites (tertiary alicyclic amines) is 1. The highest BCUT2D eigenvalue weighted by Crippen LogP contribution is 2.33. The first-order valence-electron chi connectivity index (χ1n) is 10.9. The van der Waals surface area contributed by atoms with Crippen LogP contribution in [-0.2, 0) is 6.18 Å². The van der Waals surface area contributed by atoms with Crippen molar-refractivity contribution in [2.24, 2.45) is 0 Å². The van der Waals surface area contributed by atoms with E-state index in [9.17, 15) is 18.0 Å². The number of fused-ring (bicyclic) bond motifs is 1. The molecule has 3 aromatic rings. The summed E-state index contributed by atoms with van der Waals surface area (Å²) in [7, 11) is 0. The van der Waals surface area contributed by atoms with E-state index in [2.05, 4.69) is 10.2 Å². The van der Waals surface area contributed by atoms with E-state index in [0.717, 1.165) is 12.3 Å². The third-order valence-corrected chi connectivity index (χ3v) is 5.62. The van der Waals surface area contributed by atoms with Gasteiger partial charge in [0.2, 0.25) is 0 Å². The van der Waals surface area contributed by atoms with Crippen molar-refractivity contribution in [1.82, 2.24) is 19.5 Å². The lowest BCUT2D eigenvalue weighted by atomic mass is 9.96. The van der Waals surface area contributed by atoms with Crippen molar-refractivity contribution in [1.29, 1.82) is 0 Å². The van der Waals surface area contributed by atoms with E-state index in [1.165, 1.54) is 10.5 Å². The first-order chi connectivity index (χ1) is 15.8. The fraction of sp³-hybridized carbons (Fsp3) is 0.435. The molecule has 0 bridgehead atoms. The van der Waals surface area contributed by atoms with Gasteiger partial charge in [-0.15, -0.1) is 10.2 Å². The molecule has 3 heterocycles. The van der Waals surface area contributed by atoms with Crippen molar-refractivity contribution in [3.8, 4) is 11.5 Å². The highest BCUT2D eigenvalue weighted by Gasteiger charge is 2.33. The highest BCUT2D eigenvalue weighted by atomic mass is 19.4. The van der Waals surface area contributed by atoms with Crippen molar-refractivity contribution >= 4 is 11.6 Å². The maximum atomic E-state index is 13.2. The Kier molecular flexibility index (Phi) is 6.44. The van der Waals surface area contributed by atoms with Crippen LogP contribution in [0.5, 0.6) is 11.5 Å². The number of nitrogens with zero attached hydrogens (tertiary/aromatic N) is 4. The summed E-state index contributed by atoms with van der Waals surface area (Å²) in [5, 5.41) is 8.17. The number of rotatable bonds is 6. The quantitative estimate of drug-likeness (QED) is 0.537. The van der Waals surface area contributed by atoms with Gasteiger partial charge in [-0.2, -0.15) is 13.2 Å². The van der Waals surface area contributed by atoms with Gasteiger partial charge in [0.15, 0.2) is 17.1 Å². The van der Waals surface area contributed by atoms with Gasteiger partial charge in [0.05, 0.1) is 18.8 Å². The van der Waals surface area contributed by atoms with Crippen molar-refractivity contribution < 1.29 is 27.4 Å². The molecule has 33 heavy (non-hydrogen) atoms. The van der Waals surface area contributed by atoms with Crippen molar-refractivity contribution in [2.45, 2.75) is 38.8 Å². The van der Waals surface area contributed by atoms with Crippen LogP contribution in [0.25, 0.3) is 5.65 Å². The average molecular weight is 462 g/mol. The molecule has 1 saturated heterocycles. The molecule has 0 spiro atoms. The SMILES string of the molecule is CCOc1ccc(C(=O)N2CCCC(c3nnc4ccc(C(F)(F)F)cn34)C2)cc1OCC. The monoisotopic (exact) mass is 462 g/mol. The van der Waals surface area contributed by atoms with Crippen LogP contribution in [0, 0.1) is 0 Å². The molecule has 0 N–H and O–H groups in total. The van der Waals surface area contributed by atoms with Crippen molar-refractivity contribution in [2.75, 3.05) is 26.3 Å². The molecule has 0 radical (unpaired) electrons. The van der Waals surface area contributed by atoms with E-state index in [1.807, 2.05) is 13.8 Å². The number of hydrogen-bond acceptors (Lipinski definition) is 5. The topological polar surface area (TPSA) is 69.0 Å². The predicted molar refractivity (Wildman–Crippen MR) is 115 cm³/mol. The van der Waals surface area contributed by atoms with Crippen molar-refractivity contribution in [3.05, 3.63) is 53.5 Å². The van der Waals surface area contributed by atoms with Crippen molar-refractivity contribution in [3.63, 3.8) is 0 Å². The van der Waals surface area contributed by atoms with Gasteiger partial charge in [0.25, 0.3) is 5.91 Å². The molecule has 1 aromatic carbocycles. The summed E-state index contributed by atoms with van der Waals surface area (Å²) in [6.45, 7) is 5.53. The molecule has 1 aliphatic rings. The Morgan fingerprint density at radius 1 is 1.09 bits per heavy atom. The Morgan fingerprint density at radius 3 is 2.58 bits per heavy atom. The van der Waals surface area contributed by atoms with Crippen LogP contribution >= 0.6 is 0 Å². The Morgan fingerprint density at radius 2 is 1.85 bits per heavy atom. The number of benzene rings is 1. The van der Waals surface area contributed by atoms with Crippen LogP contribution in [0.4, 0.5) is 13.2 Å². The number of alkyl halides is 3. The van der Waals surface area contributed by atoms with Gasteiger partial charge in [-0.3, -0.25) is 9.20 Å². The Labute approximate surface area is 189 Å². The number of carbonyl (C=O) groups is 1. The molecular formula is C23H25F3N4O3. The number of pyridine rings is 1. The van der Waals surface area contributed by atoms with Crippen LogP contribution in [-0.4, -0.2) is 51.7 Å². The number of aromatic nitrogens is 3. The second-order valence-electron chi connectivity index (χ2n) is 7.82. The summed E-state index contributed by atoms with van der Waals surface area (Å²) in [6, 6.07) is 7.38. The zero-order chi connectivity index (χ0) is 23.6. The normalized spacial score (nSPS) is 16.8. The minimum atomic E-state index is -4.46. The zero-order valence-electron chi connectivity index (χ0n) is 18.4. The molecule has 1 aliphatic heterocycles. The van der Waals surface area contributed by atoms with Gasteiger partial charge in [-0.1, -0.05) is 0 Å². The largest absolute Gasteiger partial charge is 0.490 e. The minimum Gasteiger partial charge on any atom is -0.490 e. The molecule has 0 saturated carbocycles. The van der Waals surface area contributed by atoms with E-state index in [-0.39, 0.29) is 11.8 Å². The first kappa shape index (κ1) is 22.9. The number of carbonyl (C=O) groups excluding carboxylic acids is 1. The maximum Gasteiger partial charge on any atom is 0.417 e. The Bertz CT molecular complexity index is 1150. The summed E-state index contributed by atoms with van der Waals surface area (Å²) < 4.78 is 52.1. The van der Waals surface area contributed by atoms with Crippen LogP contribution in [0.15, 0.2) is 36.5 Å². The van der Waals surface area contributed by atoms with Gasteiger partial charge in [-0.05, 0) is 57.0 Å². The third kappa shape index (κ3) is 4.74. The molecular weight excluding hydrogens is 437 g/mol. The van der Waals surface area contributed by atoms with Crippen LogP contribution in [0.1, 0.15) is 54.4 Å². The number of hydrogen-bond donors (Lipinski definition) is 0. The first-order valence-corrected chi connectivity index (χ1v) is 10.9. The van der Waals surface area contributed by atoms with E-state index >= 15 is 0 Å². The van der Waals surface area contributed by atoms with Gasteiger partial charge in [0.1, 0.15) is 5.82 Å². The molecule has 2 aromatic heterocycles. The number of halogens is 3. The number of ether oxygens (including phenoxy) is 2. The molecule has 1 unspecified atom stereocenters. The van der Waals surface area contributed by atoms with Gasteiger partial charge in [-0.25, -0.2) is 0 Å². The molecule has 1 fully saturated rings. The minimum absolute atomic E-state index is 0.173. The van der Waals surface area contributed by atoms with Crippen LogP contribution in [0.3, 0.4) is 0 Å². The van der Waals surface area contributed by atoms with E-state index in [4.69, 9.17) is 9.47 Å². The summed E-state index contributed by atoms with van der Waals surface area (Å²) in [5.74, 6) is 1.10. The van der Waals surface area contributed by atoms with E-state index < -0.39 is 11.7 Å². The molecule has 1 atom stereocenters. The molecule has 10 heteroatoms. The molecule has 1 amide bonds. The van der Waals surface area contributed by atoms with E-state index in [0.29, 0.717) is 67.7 Å². The fourth-order valence-corrected chi connectivity index (χ4v) is 4.09. The molecule has 176 valence electrons. The maximum absolute atomic E-state index is 13.2. The third-order valence-electron chi connectivity index (χ3n) is 5.62. The highest BCUT2D eigenvalue weighted by molar-refractivity contribution is 5.95.